The van der Waals surface area contributed by atoms with Gasteiger partial charge in [-0.3, -0.25) is 28.8 Å². The van der Waals surface area contributed by atoms with Crippen LogP contribution in [0.3, 0.4) is 0 Å². The van der Waals surface area contributed by atoms with Gasteiger partial charge in [-0.15, -0.1) is 12.4 Å². The van der Waals surface area contributed by atoms with Crippen molar-refractivity contribution in [3.8, 4) is 22.3 Å². The highest BCUT2D eigenvalue weighted by Crippen LogP contribution is 2.43. The maximum Gasteiger partial charge on any atom is 0.323 e. The van der Waals surface area contributed by atoms with Gasteiger partial charge in [-0.05, 0) is 138 Å². The van der Waals surface area contributed by atoms with Gasteiger partial charge in [-0.25, -0.2) is 29.0 Å². The summed E-state index contributed by atoms with van der Waals surface area (Å²) >= 11 is 7.33. The Morgan fingerprint density at radius 1 is 0.607 bits per heavy atom. The molecular formula is C62H65ClN16O7S3. The topological polar surface area (TPSA) is 310 Å². The number of piperidine rings is 2. The number of nitrogens with two attached hydrogens (primary N) is 2. The molecule has 2 aliphatic heterocycles. The normalized spacial score (nSPS) is 18.4. The first-order valence-electron chi connectivity index (χ1n) is 28.3. The van der Waals surface area contributed by atoms with Crippen LogP contribution in [0.2, 0.25) is 0 Å². The van der Waals surface area contributed by atoms with Crippen molar-refractivity contribution in [1.29, 1.82) is 0 Å². The number of hydrogen-bond acceptors (Lipinski definition) is 15. The maximum absolute atomic E-state index is 13.8. The van der Waals surface area contributed by atoms with Crippen LogP contribution in [0.15, 0.2) is 122 Å². The monoisotopic (exact) mass is 1280 g/mol. The molecule has 2 aliphatic carbocycles. The van der Waals surface area contributed by atoms with E-state index < -0.39 is 23.8 Å². The lowest BCUT2D eigenvalue weighted by Crippen LogP contribution is -2.51. The number of likely N-dealkylation sites (tertiary alicyclic amines) is 1. The summed E-state index contributed by atoms with van der Waals surface area (Å²) in [6, 6.07) is 26.0. The van der Waals surface area contributed by atoms with Crippen LogP contribution in [0, 0.1) is 39.5 Å². The molecule has 0 spiro atoms. The van der Waals surface area contributed by atoms with Gasteiger partial charge in [0.1, 0.15) is 30.8 Å². The van der Waals surface area contributed by atoms with Crippen LogP contribution in [0.25, 0.3) is 55.4 Å². The van der Waals surface area contributed by atoms with Crippen LogP contribution < -0.4 is 27.4 Å². The van der Waals surface area contributed by atoms with E-state index >= 15 is 0 Å². The fraction of sp³-hybridized carbons (Fsp3) is 0.290. The zero-order valence-electron chi connectivity index (χ0n) is 48.9. The van der Waals surface area contributed by atoms with Gasteiger partial charge >= 0.3 is 5.97 Å². The van der Waals surface area contributed by atoms with Gasteiger partial charge in [-0.2, -0.15) is 23.7 Å². The number of rotatable bonds is 12. The number of amides is 5. The van der Waals surface area contributed by atoms with Crippen molar-refractivity contribution in [1.82, 2.24) is 58.5 Å². The number of aromatic nitrogens is 10. The molecule has 10 aromatic rings. The van der Waals surface area contributed by atoms with Crippen molar-refractivity contribution in [2.24, 2.45) is 23.3 Å². The zero-order chi connectivity index (χ0) is 61.4. The van der Waals surface area contributed by atoms with E-state index in [1.54, 1.807) is 49.2 Å². The van der Waals surface area contributed by atoms with Crippen LogP contribution in [0.1, 0.15) is 82.0 Å². The van der Waals surface area contributed by atoms with Gasteiger partial charge < -0.3 is 46.6 Å². The van der Waals surface area contributed by atoms with Crippen LogP contribution in [-0.4, -0.2) is 118 Å². The van der Waals surface area contributed by atoms with Crippen LogP contribution in [-0.2, 0) is 54.6 Å². The molecule has 2 saturated carbocycles. The molecule has 0 radical (unpaired) electrons. The summed E-state index contributed by atoms with van der Waals surface area (Å²) in [7, 11) is 0. The summed E-state index contributed by atoms with van der Waals surface area (Å²) in [5.74, 6) is -0.739. The molecule has 5 amide bonds. The van der Waals surface area contributed by atoms with Crippen molar-refractivity contribution >= 4 is 129 Å². The number of pyridine rings is 2. The number of primary amides is 2. The van der Waals surface area contributed by atoms with Crippen molar-refractivity contribution in [2.75, 3.05) is 10.6 Å². The predicted octanol–water partition coefficient (Wildman–Crippen LogP) is 7.32. The van der Waals surface area contributed by atoms with Crippen LogP contribution >= 0.6 is 25.9 Å². The molecule has 6 atom stereocenters. The average molecular weight is 1280 g/mol. The highest BCUT2D eigenvalue weighted by molar-refractivity contribution is 8.07. The number of anilines is 2. The van der Waals surface area contributed by atoms with Crippen LogP contribution in [0.5, 0.6) is 0 Å². The smallest absolute Gasteiger partial charge is 0.323 e. The molecular weight excluding hydrogens is 1210 g/mol. The second-order valence-corrected chi connectivity index (χ2v) is 22.5. The molecule has 89 heavy (non-hydrogen) atoms. The Balaban J connectivity index is 0.000000170. The zero-order valence-corrected chi connectivity index (χ0v) is 52.3. The van der Waals surface area contributed by atoms with Gasteiger partial charge in [0, 0.05) is 128 Å². The molecule has 2 aromatic carbocycles. The molecule has 4 bridgehead atoms. The Morgan fingerprint density at radius 2 is 1.11 bits per heavy atom. The number of benzene rings is 2. The Kier molecular flexibility index (Phi) is 19.6. The number of nitrogens with one attached hydrogen (secondary N) is 3. The first-order valence-corrected chi connectivity index (χ1v) is 29.7. The number of carboxylic acids is 1. The fourth-order valence-electron chi connectivity index (χ4n) is 12.7. The number of halogens is 1. The Hall–Kier alpha value is -9.08. The number of aryl methyl sites for hydroxylation is 4. The third-order valence-corrected chi connectivity index (χ3v) is 16.5. The van der Waals surface area contributed by atoms with E-state index in [4.69, 9.17) is 16.6 Å². The van der Waals surface area contributed by atoms with Crippen molar-refractivity contribution < 1.29 is 33.9 Å². The van der Waals surface area contributed by atoms with Gasteiger partial charge in [0.25, 0.3) is 11.8 Å². The molecule has 8 N–H and O–H groups in total. The lowest BCUT2D eigenvalue weighted by molar-refractivity contribution is -0.141. The number of hydrogen-bond donors (Lipinski definition) is 6. The molecule has 4 unspecified atom stereocenters. The molecule has 8 aromatic heterocycles. The minimum atomic E-state index is -0.995. The lowest BCUT2D eigenvalue weighted by Gasteiger charge is -2.34. The summed E-state index contributed by atoms with van der Waals surface area (Å²) in [6.07, 6.45) is 16.5. The van der Waals surface area contributed by atoms with E-state index in [1.807, 2.05) is 113 Å². The van der Waals surface area contributed by atoms with Crippen molar-refractivity contribution in [2.45, 2.75) is 103 Å². The van der Waals surface area contributed by atoms with Gasteiger partial charge in [0.05, 0.1) is 28.6 Å². The van der Waals surface area contributed by atoms with Crippen LogP contribution in [0.4, 0.5) is 11.6 Å². The summed E-state index contributed by atoms with van der Waals surface area (Å²) in [5, 5.41) is 28.3. The second kappa shape index (κ2) is 27.1. The Labute approximate surface area is 533 Å². The van der Waals surface area contributed by atoms with Crippen molar-refractivity contribution in [3.05, 3.63) is 156 Å². The van der Waals surface area contributed by atoms with Gasteiger partial charge in [0.15, 0.2) is 11.3 Å². The van der Waals surface area contributed by atoms with E-state index in [-0.39, 0.29) is 80.3 Å². The largest absolute Gasteiger partial charge is 0.480 e. The fourth-order valence-corrected chi connectivity index (χ4v) is 12.7. The SMILES string of the molecule is Cc1cc2ncc(-c3ccc4c(c3)c(C(N)=O)cn4CC(=O)O)cn2n1.Cc1cccc(NC(=O)[C@@H]2C3CCC(C3)N2C(=O)Cn2cc(C(N)=O)c3cc(-c4cnc5cc(C)nn5c4)ccc32)n1.Cc1cccc(NC(=O)[C@H]2NC3CCC2C3)n1.Cl.S.S=S. The number of carbonyl (C=O) groups is 6. The predicted molar refractivity (Wildman–Crippen MR) is 349 cm³/mol. The number of aliphatic carboxylic acids is 1. The number of nitrogens with zero attached hydrogens (tertiary/aromatic N) is 11. The van der Waals surface area contributed by atoms with Gasteiger partial charge in [-0.1, -0.05) is 24.3 Å². The minimum Gasteiger partial charge on any atom is -0.480 e. The molecule has 4 fully saturated rings. The van der Waals surface area contributed by atoms with E-state index in [2.05, 4.69) is 68.5 Å². The standard InChI is InChI=1S/C31H30N8O3.C18H15N5O3.C13H17N3O.ClH.S2.H2S/c1-17-4-3-5-26(34-17)35-31(42)29-20-6-8-22(11-20)39(29)28(40)16-37-15-24(30(32)41)23-12-19(7-9-25(23)37)21-13-33-27-10-18(2)36-38(27)14-21;1-10-4-16-20-6-12(7-23(16)21-10)11-2-3-15-13(5-11)14(18(19)26)8-22(15)9-17(24)25;1-8-3-2-4-11(14-8)16-13(17)12-9-5-6-10(7-9)15-12;;1-2;/h3-5,7,9-10,12-15,20,22,29H,6,8,11,16H2,1-2H3,(H2,32,41)(H,34,35,42);2-8H,9H2,1H3,(H2,19,26)(H,24,25);2-4,9-10,12,15H,5-7H2,1H3,(H,14,16,17);1H;;1H2/t20?,22?,29-;;9?,10?,12-;;;/m0.0.../s1. The summed E-state index contributed by atoms with van der Waals surface area (Å²) in [4.78, 5) is 94.0. The molecule has 23 nitrogen and oxygen atoms in total. The van der Waals surface area contributed by atoms with E-state index in [0.29, 0.717) is 51.0 Å². The summed E-state index contributed by atoms with van der Waals surface area (Å²) < 4.78 is 6.67. The van der Waals surface area contributed by atoms with E-state index in [0.717, 1.165) is 82.0 Å². The molecule has 4 aliphatic rings. The number of carboxylic acid groups (broad SMARTS) is 1. The molecule has 460 valence electrons. The minimum absolute atomic E-state index is 0. The Morgan fingerprint density at radius 3 is 1.58 bits per heavy atom. The van der Waals surface area contributed by atoms with Gasteiger partial charge in [0.2, 0.25) is 17.7 Å². The number of carbonyl (C=O) groups excluding carboxylic acids is 5. The number of fused-ring (bicyclic) bond motifs is 8. The van der Waals surface area contributed by atoms with E-state index in [9.17, 15) is 28.8 Å². The third-order valence-electron chi connectivity index (χ3n) is 16.5. The average Bonchev–Trinajstić information content (AvgIpc) is 1.72. The molecule has 10 heterocycles. The van der Waals surface area contributed by atoms with E-state index in [1.165, 1.54) is 23.6 Å². The highest BCUT2D eigenvalue weighted by Gasteiger charge is 2.51. The maximum atomic E-state index is 13.8. The first-order chi connectivity index (χ1) is 41.9. The van der Waals surface area contributed by atoms with Crippen molar-refractivity contribution in [3.63, 3.8) is 0 Å². The second-order valence-electron chi connectivity index (χ2n) is 22.5. The summed E-state index contributed by atoms with van der Waals surface area (Å²) in [5.41, 5.74) is 21.5. The first kappa shape index (κ1) is 64.4. The molecule has 14 rings (SSSR count). The molecule has 2 saturated heterocycles. The third kappa shape index (κ3) is 13.7. The Bertz CT molecular complexity index is 4380. The lowest BCUT2D eigenvalue weighted by atomic mass is 9.97. The highest BCUT2D eigenvalue weighted by atomic mass is 35.5. The summed E-state index contributed by atoms with van der Waals surface area (Å²) in [6.45, 7) is 7.33. The quantitative estimate of drug-likeness (QED) is 0.0698. The molecule has 27 heteroatoms.